The summed E-state index contributed by atoms with van der Waals surface area (Å²) >= 11 is 1.16. The van der Waals surface area contributed by atoms with Gasteiger partial charge < -0.3 is 19.7 Å². The molecule has 1 aliphatic rings. The van der Waals surface area contributed by atoms with E-state index in [4.69, 9.17) is 0 Å². The van der Waals surface area contributed by atoms with Crippen molar-refractivity contribution in [1.82, 2.24) is 0 Å². The molecule has 0 amide bonds. The van der Waals surface area contributed by atoms with Crippen LogP contribution < -0.4 is 0 Å². The first kappa shape index (κ1) is 8.49. The summed E-state index contributed by atoms with van der Waals surface area (Å²) in [6, 6.07) is 3.20. The lowest BCUT2D eigenvalue weighted by Crippen LogP contribution is -2.35. The molecule has 1 fully saturated rings. The fourth-order valence-electron chi connectivity index (χ4n) is 1.03. The summed E-state index contributed by atoms with van der Waals surface area (Å²) < 4.78 is 8.71. The van der Waals surface area contributed by atoms with Gasteiger partial charge in [-0.2, -0.15) is 0 Å². The van der Waals surface area contributed by atoms with Crippen LogP contribution in [-0.2, 0) is 15.3 Å². The van der Waals surface area contributed by atoms with Crippen LogP contribution in [0.4, 0.5) is 4.79 Å². The lowest BCUT2D eigenvalue weighted by Gasteiger charge is -2.18. The number of ether oxygens (including phenoxy) is 2. The Bertz CT molecular complexity index is 322. The maximum atomic E-state index is 10.6. The number of carbonyl (C=O) groups is 1. The Kier molecular flexibility index (Phi) is 1.76. The lowest BCUT2D eigenvalue weighted by atomic mass is 10.2. The second kappa shape index (κ2) is 2.69. The maximum absolute atomic E-state index is 10.6. The van der Waals surface area contributed by atoms with Gasteiger partial charge in [-0.1, -0.05) is 6.07 Å². The predicted octanol–water partition coefficient (Wildman–Crippen LogP) is 0.378. The second-order valence-corrected chi connectivity index (χ2v) is 3.44. The van der Waals surface area contributed by atoms with Gasteiger partial charge in [0, 0.05) is 0 Å². The Morgan fingerprint density at radius 2 is 2.38 bits per heavy atom. The number of aliphatic hydroxyl groups is 2. The van der Waals surface area contributed by atoms with Crippen LogP contribution in [0.15, 0.2) is 17.5 Å². The molecule has 1 saturated heterocycles. The van der Waals surface area contributed by atoms with Gasteiger partial charge in [0.15, 0.2) is 0 Å². The number of cyclic esters (lactones) is 2. The van der Waals surface area contributed by atoms with E-state index in [2.05, 4.69) is 9.47 Å². The molecule has 0 saturated carbocycles. The summed E-state index contributed by atoms with van der Waals surface area (Å²) in [7, 11) is 0. The fourth-order valence-corrected chi connectivity index (χ4v) is 1.80. The van der Waals surface area contributed by atoms with Crippen molar-refractivity contribution in [2.45, 2.75) is 12.1 Å². The van der Waals surface area contributed by atoms with E-state index in [9.17, 15) is 15.0 Å². The largest absolute Gasteiger partial charge is 0.513 e. The molecule has 0 aromatic carbocycles. The summed E-state index contributed by atoms with van der Waals surface area (Å²) in [4.78, 5) is 10.9. The molecule has 70 valence electrons. The highest BCUT2D eigenvalue weighted by atomic mass is 32.1. The molecule has 2 rings (SSSR count). The van der Waals surface area contributed by atoms with E-state index >= 15 is 0 Å². The van der Waals surface area contributed by atoms with Crippen molar-refractivity contribution in [3.63, 3.8) is 0 Å². The third-order valence-corrected chi connectivity index (χ3v) is 2.63. The minimum Gasteiger partial charge on any atom is -0.397 e. The number of aliphatic hydroxyl groups excluding tert-OH is 1. The van der Waals surface area contributed by atoms with Crippen molar-refractivity contribution in [3.05, 3.63) is 22.4 Å². The number of carbonyl (C=O) groups excluding carboxylic acids is 1. The third kappa shape index (κ3) is 1.19. The van der Waals surface area contributed by atoms with Crippen LogP contribution in [0.1, 0.15) is 4.88 Å². The second-order valence-electron chi connectivity index (χ2n) is 2.50. The SMILES string of the molecule is O=C1OC(O)C(O)(c2cccs2)O1. The van der Waals surface area contributed by atoms with Gasteiger partial charge in [-0.05, 0) is 11.4 Å². The zero-order valence-electron chi connectivity index (χ0n) is 6.34. The van der Waals surface area contributed by atoms with Crippen molar-refractivity contribution in [1.29, 1.82) is 0 Å². The van der Waals surface area contributed by atoms with Crippen LogP contribution in [0.25, 0.3) is 0 Å². The Balaban J connectivity index is 2.36. The van der Waals surface area contributed by atoms with Gasteiger partial charge in [0.2, 0.25) is 0 Å². The first-order valence-electron chi connectivity index (χ1n) is 3.47. The molecule has 5 nitrogen and oxygen atoms in total. The molecule has 6 heteroatoms. The zero-order chi connectivity index (χ0) is 9.47. The van der Waals surface area contributed by atoms with Crippen LogP contribution in [0.5, 0.6) is 0 Å². The van der Waals surface area contributed by atoms with Crippen LogP contribution in [0.2, 0.25) is 0 Å². The van der Waals surface area contributed by atoms with Gasteiger partial charge in [-0.15, -0.1) is 11.3 Å². The molecule has 2 N–H and O–H groups in total. The molecular weight excluding hydrogens is 196 g/mol. The van der Waals surface area contributed by atoms with Gasteiger partial charge in [0.05, 0.1) is 4.88 Å². The van der Waals surface area contributed by atoms with Crippen molar-refractivity contribution in [2.24, 2.45) is 0 Å². The monoisotopic (exact) mass is 202 g/mol. The van der Waals surface area contributed by atoms with Gasteiger partial charge in [0.1, 0.15) is 0 Å². The van der Waals surface area contributed by atoms with Crippen LogP contribution in [0.3, 0.4) is 0 Å². The summed E-state index contributed by atoms with van der Waals surface area (Å²) in [5, 5.41) is 20.5. The highest BCUT2D eigenvalue weighted by molar-refractivity contribution is 7.10. The molecule has 2 atom stereocenters. The molecule has 13 heavy (non-hydrogen) atoms. The topological polar surface area (TPSA) is 76.0 Å². The van der Waals surface area contributed by atoms with E-state index in [0.29, 0.717) is 4.88 Å². The van der Waals surface area contributed by atoms with Gasteiger partial charge in [-0.25, -0.2) is 4.79 Å². The van der Waals surface area contributed by atoms with E-state index in [1.165, 1.54) is 6.07 Å². The minimum absolute atomic E-state index is 0.325. The molecule has 0 aliphatic carbocycles. The van der Waals surface area contributed by atoms with E-state index in [0.717, 1.165) is 11.3 Å². The summed E-state index contributed by atoms with van der Waals surface area (Å²) in [5.41, 5.74) is 0. The van der Waals surface area contributed by atoms with Crippen molar-refractivity contribution in [3.8, 4) is 0 Å². The van der Waals surface area contributed by atoms with Gasteiger partial charge >= 0.3 is 11.9 Å². The van der Waals surface area contributed by atoms with Crippen LogP contribution in [-0.4, -0.2) is 22.7 Å². The molecule has 1 aromatic rings. The standard InChI is InChI=1S/C7H6O5S/c8-5-7(10,12-6(9)11-5)4-2-1-3-13-4/h1-3,5,8,10H. The molecule has 2 heterocycles. The summed E-state index contributed by atoms with van der Waals surface area (Å²) in [6.45, 7) is 0. The lowest BCUT2D eigenvalue weighted by molar-refractivity contribution is -0.230. The van der Waals surface area contributed by atoms with Gasteiger partial charge in [0.25, 0.3) is 6.29 Å². The fraction of sp³-hybridized carbons (Fsp3) is 0.286. The average molecular weight is 202 g/mol. The Labute approximate surface area is 77.1 Å². The van der Waals surface area contributed by atoms with Crippen LogP contribution in [0, 0.1) is 0 Å². The molecule has 1 aliphatic heterocycles. The smallest absolute Gasteiger partial charge is 0.397 e. The quantitative estimate of drug-likeness (QED) is 0.644. The number of rotatable bonds is 1. The Morgan fingerprint density at radius 1 is 1.62 bits per heavy atom. The number of thiophene rings is 1. The maximum Gasteiger partial charge on any atom is 0.513 e. The van der Waals surface area contributed by atoms with Gasteiger partial charge in [-0.3, -0.25) is 0 Å². The van der Waals surface area contributed by atoms with E-state index < -0.39 is 18.2 Å². The van der Waals surface area contributed by atoms with E-state index in [-0.39, 0.29) is 0 Å². The first-order valence-corrected chi connectivity index (χ1v) is 4.35. The number of hydrogen-bond donors (Lipinski definition) is 2. The van der Waals surface area contributed by atoms with Crippen LogP contribution >= 0.6 is 11.3 Å². The minimum atomic E-state index is -2.05. The van der Waals surface area contributed by atoms with E-state index in [1.807, 2.05) is 0 Å². The third-order valence-electron chi connectivity index (χ3n) is 1.66. The summed E-state index contributed by atoms with van der Waals surface area (Å²) in [6.07, 6.45) is -2.75. The molecule has 0 bridgehead atoms. The average Bonchev–Trinajstić information content (AvgIpc) is 2.61. The molecular formula is C7H6O5S. The summed E-state index contributed by atoms with van der Waals surface area (Å²) in [5.74, 6) is -2.05. The highest BCUT2D eigenvalue weighted by Gasteiger charge is 2.52. The zero-order valence-corrected chi connectivity index (χ0v) is 7.15. The van der Waals surface area contributed by atoms with Crippen molar-refractivity contribution in [2.75, 3.05) is 0 Å². The predicted molar refractivity (Wildman–Crippen MR) is 41.8 cm³/mol. The first-order chi connectivity index (χ1) is 6.13. The molecule has 1 aromatic heterocycles. The molecule has 0 spiro atoms. The molecule has 2 unspecified atom stereocenters. The Hall–Kier alpha value is -1.11. The highest BCUT2D eigenvalue weighted by Crippen LogP contribution is 2.35. The normalized spacial score (nSPS) is 32.8. The van der Waals surface area contributed by atoms with Crippen molar-refractivity contribution >= 4 is 17.5 Å². The van der Waals surface area contributed by atoms with E-state index in [1.54, 1.807) is 11.4 Å². The Morgan fingerprint density at radius 3 is 2.85 bits per heavy atom. The molecule has 0 radical (unpaired) electrons. The number of hydrogen-bond acceptors (Lipinski definition) is 6. The van der Waals surface area contributed by atoms with Crippen molar-refractivity contribution < 1.29 is 24.5 Å².